The Hall–Kier alpha value is -0.500. The van der Waals surface area contributed by atoms with Gasteiger partial charge in [-0.25, -0.2) is 0 Å². The van der Waals surface area contributed by atoms with Gasteiger partial charge in [0.1, 0.15) is 0 Å². The van der Waals surface area contributed by atoms with Gasteiger partial charge in [0.15, 0.2) is 12.6 Å². The molecular formula is C24H42O6. The molecule has 0 aromatic heterocycles. The van der Waals surface area contributed by atoms with Gasteiger partial charge in [-0.05, 0) is 50.9 Å². The molecular weight excluding hydrogens is 384 g/mol. The van der Waals surface area contributed by atoms with Crippen LogP contribution in [0.15, 0.2) is 12.2 Å². The fourth-order valence-corrected chi connectivity index (χ4v) is 4.70. The van der Waals surface area contributed by atoms with Crippen LogP contribution in [0.4, 0.5) is 0 Å². The van der Waals surface area contributed by atoms with E-state index in [4.69, 9.17) is 18.9 Å². The van der Waals surface area contributed by atoms with Gasteiger partial charge in [0.25, 0.3) is 0 Å². The Bertz CT molecular complexity index is 500. The van der Waals surface area contributed by atoms with Gasteiger partial charge in [-0.3, -0.25) is 0 Å². The van der Waals surface area contributed by atoms with Crippen molar-refractivity contribution in [3.05, 3.63) is 12.2 Å². The van der Waals surface area contributed by atoms with Gasteiger partial charge in [-0.1, -0.05) is 38.8 Å². The van der Waals surface area contributed by atoms with Crippen LogP contribution >= 0.6 is 0 Å². The number of rotatable bonds is 10. The van der Waals surface area contributed by atoms with Crippen molar-refractivity contribution in [2.24, 2.45) is 11.8 Å². The Morgan fingerprint density at radius 3 is 2.37 bits per heavy atom. The lowest BCUT2D eigenvalue weighted by molar-refractivity contribution is -0.194. The third-order valence-electron chi connectivity index (χ3n) is 6.70. The van der Waals surface area contributed by atoms with E-state index < -0.39 is 12.2 Å². The Labute approximate surface area is 181 Å². The third kappa shape index (κ3) is 7.01. The molecule has 3 rings (SSSR count). The summed E-state index contributed by atoms with van der Waals surface area (Å²) in [5, 5.41) is 20.8. The maximum atomic E-state index is 10.6. The predicted molar refractivity (Wildman–Crippen MR) is 115 cm³/mol. The second-order valence-corrected chi connectivity index (χ2v) is 9.24. The van der Waals surface area contributed by atoms with Gasteiger partial charge in [0.05, 0.1) is 24.4 Å². The normalized spacial score (nSPS) is 37.5. The van der Waals surface area contributed by atoms with Crippen LogP contribution in [0.5, 0.6) is 0 Å². The highest BCUT2D eigenvalue weighted by molar-refractivity contribution is 5.06. The van der Waals surface area contributed by atoms with Crippen molar-refractivity contribution in [3.63, 3.8) is 0 Å². The number of hydrogen-bond donors (Lipinski definition) is 2. The maximum Gasteiger partial charge on any atom is 0.158 e. The number of hydrogen-bond acceptors (Lipinski definition) is 6. The van der Waals surface area contributed by atoms with E-state index in [1.165, 1.54) is 0 Å². The highest BCUT2D eigenvalue weighted by atomic mass is 16.7. The monoisotopic (exact) mass is 426 g/mol. The molecule has 0 spiro atoms. The summed E-state index contributed by atoms with van der Waals surface area (Å²) in [6.07, 6.45) is 11.8. The minimum absolute atomic E-state index is 0.0730. The van der Waals surface area contributed by atoms with Crippen LogP contribution in [-0.4, -0.2) is 60.4 Å². The quantitative estimate of drug-likeness (QED) is 0.516. The van der Waals surface area contributed by atoms with Crippen LogP contribution in [0.3, 0.4) is 0 Å². The molecule has 3 aliphatic rings. The van der Waals surface area contributed by atoms with Crippen LogP contribution in [0.1, 0.15) is 78.1 Å². The molecule has 0 amide bonds. The van der Waals surface area contributed by atoms with Crippen LogP contribution in [-0.2, 0) is 18.9 Å². The Balaban J connectivity index is 1.65. The SMILES string of the molecule is CCCCC(C)[C@@H](C=C[C@@H]1[C@@H](O)[C@@H](O)C[C@H]1OC1CCCCO1)OC1CCCCO1. The molecule has 3 unspecified atom stereocenters. The first-order valence-electron chi connectivity index (χ1n) is 12.2. The third-order valence-corrected chi connectivity index (χ3v) is 6.70. The zero-order chi connectivity index (χ0) is 21.3. The highest BCUT2D eigenvalue weighted by Crippen LogP contribution is 2.33. The summed E-state index contributed by atoms with van der Waals surface area (Å²) in [5.74, 6) is 0.0958. The Kier molecular flexibility index (Phi) is 10.1. The van der Waals surface area contributed by atoms with Gasteiger partial charge in [-0.15, -0.1) is 0 Å². The first kappa shape index (κ1) is 24.1. The van der Waals surface area contributed by atoms with Gasteiger partial charge in [0, 0.05) is 25.6 Å². The summed E-state index contributed by atoms with van der Waals surface area (Å²) in [4.78, 5) is 0. The van der Waals surface area contributed by atoms with Crippen LogP contribution in [0, 0.1) is 11.8 Å². The van der Waals surface area contributed by atoms with Crippen molar-refractivity contribution in [1.82, 2.24) is 0 Å². The van der Waals surface area contributed by atoms with Crippen LogP contribution < -0.4 is 0 Å². The summed E-state index contributed by atoms with van der Waals surface area (Å²) in [6, 6.07) is 0. The van der Waals surface area contributed by atoms with Gasteiger partial charge >= 0.3 is 0 Å². The second kappa shape index (κ2) is 12.5. The average molecular weight is 427 g/mol. The van der Waals surface area contributed by atoms with E-state index in [0.29, 0.717) is 12.3 Å². The second-order valence-electron chi connectivity index (χ2n) is 9.24. The summed E-state index contributed by atoms with van der Waals surface area (Å²) in [6.45, 7) is 5.90. The number of aliphatic hydroxyl groups is 2. The first-order chi connectivity index (χ1) is 14.6. The minimum atomic E-state index is -0.827. The van der Waals surface area contributed by atoms with E-state index in [0.717, 1.165) is 71.0 Å². The molecule has 2 aliphatic heterocycles. The van der Waals surface area contributed by atoms with E-state index in [2.05, 4.69) is 19.9 Å². The zero-order valence-corrected chi connectivity index (χ0v) is 18.8. The first-order valence-corrected chi connectivity index (χ1v) is 12.2. The highest BCUT2D eigenvalue weighted by Gasteiger charge is 2.42. The smallest absolute Gasteiger partial charge is 0.158 e. The van der Waals surface area contributed by atoms with Gasteiger partial charge in [0.2, 0.25) is 0 Å². The Morgan fingerprint density at radius 2 is 1.73 bits per heavy atom. The van der Waals surface area contributed by atoms with Crippen molar-refractivity contribution < 1.29 is 29.2 Å². The lowest BCUT2D eigenvalue weighted by Crippen LogP contribution is -2.33. The summed E-state index contributed by atoms with van der Waals surface area (Å²) in [7, 11) is 0. The van der Waals surface area contributed by atoms with E-state index in [1.807, 2.05) is 6.08 Å². The number of unbranched alkanes of at least 4 members (excludes halogenated alkanes) is 1. The molecule has 0 aromatic rings. The summed E-state index contributed by atoms with van der Waals surface area (Å²) >= 11 is 0. The molecule has 6 nitrogen and oxygen atoms in total. The van der Waals surface area contributed by atoms with Gasteiger partial charge in [-0.2, -0.15) is 0 Å². The largest absolute Gasteiger partial charge is 0.390 e. The lowest BCUT2D eigenvalue weighted by Gasteiger charge is -2.30. The molecule has 2 saturated heterocycles. The fourth-order valence-electron chi connectivity index (χ4n) is 4.70. The van der Waals surface area contributed by atoms with Gasteiger partial charge < -0.3 is 29.2 Å². The minimum Gasteiger partial charge on any atom is -0.390 e. The van der Waals surface area contributed by atoms with E-state index >= 15 is 0 Å². The molecule has 0 bridgehead atoms. The standard InChI is InChI=1S/C24H42O6/c1-3-4-9-17(2)20(29-22-10-5-7-14-27-22)13-12-18-21(16-19(25)24(18)26)30-23-11-6-8-15-28-23/h12-13,17-26H,3-11,14-16H2,1-2H3/t17?,18-,19-,20+,21+,22?,23?,24+/m0/s1. The zero-order valence-electron chi connectivity index (χ0n) is 18.8. The van der Waals surface area contributed by atoms with E-state index in [-0.39, 0.29) is 30.7 Å². The maximum absolute atomic E-state index is 10.6. The van der Waals surface area contributed by atoms with Crippen molar-refractivity contribution in [2.75, 3.05) is 13.2 Å². The van der Waals surface area contributed by atoms with Crippen LogP contribution in [0.2, 0.25) is 0 Å². The topological polar surface area (TPSA) is 77.4 Å². The van der Waals surface area contributed by atoms with Crippen molar-refractivity contribution in [3.8, 4) is 0 Å². The number of aliphatic hydroxyl groups excluding tert-OH is 2. The van der Waals surface area contributed by atoms with Crippen molar-refractivity contribution >= 4 is 0 Å². The Morgan fingerprint density at radius 1 is 1.03 bits per heavy atom. The molecule has 2 N–H and O–H groups in total. The molecule has 0 aromatic carbocycles. The summed E-state index contributed by atoms with van der Waals surface area (Å²) in [5.41, 5.74) is 0. The van der Waals surface area contributed by atoms with E-state index in [9.17, 15) is 10.2 Å². The molecule has 2 heterocycles. The van der Waals surface area contributed by atoms with E-state index in [1.54, 1.807) is 0 Å². The van der Waals surface area contributed by atoms with Crippen molar-refractivity contribution in [1.29, 1.82) is 0 Å². The molecule has 3 fully saturated rings. The van der Waals surface area contributed by atoms with Crippen molar-refractivity contribution in [2.45, 2.75) is 115 Å². The number of ether oxygens (including phenoxy) is 4. The molecule has 8 atom stereocenters. The van der Waals surface area contributed by atoms with Crippen LogP contribution in [0.25, 0.3) is 0 Å². The predicted octanol–water partition coefficient (Wildman–Crippen LogP) is 3.93. The molecule has 1 saturated carbocycles. The fraction of sp³-hybridized carbons (Fsp3) is 0.917. The molecule has 1 aliphatic carbocycles. The molecule has 174 valence electrons. The molecule has 30 heavy (non-hydrogen) atoms. The lowest BCUT2D eigenvalue weighted by atomic mass is 9.95. The molecule has 6 heteroatoms. The average Bonchev–Trinajstić information content (AvgIpc) is 3.03. The molecule has 0 radical (unpaired) electrons. The summed E-state index contributed by atoms with van der Waals surface area (Å²) < 4.78 is 24.0.